The Bertz CT molecular complexity index is 1010. The molecule has 4 nitrogen and oxygen atoms in total. The fraction of sp³-hybridized carbons (Fsp3) is 0.150. The normalized spacial score (nSPS) is 12.6. The van der Waals surface area contributed by atoms with E-state index in [2.05, 4.69) is 10.3 Å². The molecule has 2 aromatic carbocycles. The molecule has 1 amide bonds. The lowest BCUT2D eigenvalue weighted by Gasteiger charge is -2.11. The quantitative estimate of drug-likeness (QED) is 0.574. The van der Waals surface area contributed by atoms with Gasteiger partial charge in [0.2, 0.25) is 0 Å². The molecule has 0 radical (unpaired) electrons. The molecule has 4 rings (SSSR count). The summed E-state index contributed by atoms with van der Waals surface area (Å²) in [5.41, 5.74) is 3.42. The number of hydrogen-bond donors (Lipinski definition) is 2. The van der Waals surface area contributed by atoms with E-state index in [1.807, 2.05) is 68.4 Å². The van der Waals surface area contributed by atoms with Gasteiger partial charge in [0.05, 0.1) is 6.04 Å². The molecular formula is C20H18N2O2. The van der Waals surface area contributed by atoms with Crippen molar-refractivity contribution >= 4 is 27.8 Å². The number of aryl methyl sites for hydroxylation is 1. The summed E-state index contributed by atoms with van der Waals surface area (Å²) >= 11 is 0. The molecule has 2 aromatic heterocycles. The van der Waals surface area contributed by atoms with Crippen LogP contribution in [0.4, 0.5) is 0 Å². The Morgan fingerprint density at radius 1 is 1.12 bits per heavy atom. The van der Waals surface area contributed by atoms with Crippen molar-refractivity contribution in [3.63, 3.8) is 0 Å². The summed E-state index contributed by atoms with van der Waals surface area (Å²) in [6.45, 7) is 3.96. The zero-order valence-corrected chi connectivity index (χ0v) is 13.6. The second-order valence-electron chi connectivity index (χ2n) is 6.05. The predicted octanol–water partition coefficient (Wildman–Crippen LogP) is 4.71. The number of hydrogen-bond acceptors (Lipinski definition) is 2. The topological polar surface area (TPSA) is 58.0 Å². The first kappa shape index (κ1) is 14.6. The average Bonchev–Trinajstić information content (AvgIpc) is 3.17. The summed E-state index contributed by atoms with van der Waals surface area (Å²) in [6.07, 6.45) is 0. The number of benzene rings is 2. The van der Waals surface area contributed by atoms with Gasteiger partial charge >= 0.3 is 0 Å². The van der Waals surface area contributed by atoms with Crippen molar-refractivity contribution < 1.29 is 9.21 Å². The van der Waals surface area contributed by atoms with Crippen molar-refractivity contribution in [2.75, 3.05) is 0 Å². The first-order valence-corrected chi connectivity index (χ1v) is 8.00. The summed E-state index contributed by atoms with van der Waals surface area (Å²) in [4.78, 5) is 15.7. The number of fused-ring (bicyclic) bond motifs is 2. The van der Waals surface area contributed by atoms with Crippen LogP contribution < -0.4 is 5.32 Å². The highest BCUT2D eigenvalue weighted by Crippen LogP contribution is 2.29. The van der Waals surface area contributed by atoms with Crippen molar-refractivity contribution in [2.24, 2.45) is 0 Å². The van der Waals surface area contributed by atoms with E-state index in [9.17, 15) is 4.79 Å². The number of carbonyl (C=O) groups excluding carboxylic acids is 1. The van der Waals surface area contributed by atoms with E-state index < -0.39 is 0 Å². The molecule has 24 heavy (non-hydrogen) atoms. The van der Waals surface area contributed by atoms with Gasteiger partial charge in [-0.05, 0) is 32.0 Å². The maximum Gasteiger partial charge on any atom is 0.268 e. The van der Waals surface area contributed by atoms with Gasteiger partial charge in [-0.25, -0.2) is 0 Å². The van der Waals surface area contributed by atoms with Crippen LogP contribution in [0, 0.1) is 6.92 Å². The lowest BCUT2D eigenvalue weighted by Crippen LogP contribution is -2.27. The Balaban J connectivity index is 1.61. The average molecular weight is 318 g/mol. The van der Waals surface area contributed by atoms with E-state index in [1.54, 1.807) is 0 Å². The number of aromatic nitrogens is 1. The van der Waals surface area contributed by atoms with Crippen LogP contribution in [-0.4, -0.2) is 10.9 Å². The molecule has 0 aliphatic rings. The van der Waals surface area contributed by atoms with Crippen molar-refractivity contribution in [1.29, 1.82) is 0 Å². The Labute approximate surface area is 139 Å². The van der Waals surface area contributed by atoms with Crippen LogP contribution in [0.3, 0.4) is 0 Å². The van der Waals surface area contributed by atoms with E-state index in [0.717, 1.165) is 33.2 Å². The van der Waals surface area contributed by atoms with Crippen molar-refractivity contribution in [3.8, 4) is 0 Å². The Morgan fingerprint density at radius 2 is 1.88 bits per heavy atom. The Hall–Kier alpha value is -3.01. The van der Waals surface area contributed by atoms with Gasteiger partial charge in [0.15, 0.2) is 0 Å². The molecule has 0 spiro atoms. The van der Waals surface area contributed by atoms with Crippen LogP contribution in [0.1, 0.15) is 34.8 Å². The SMILES string of the molecule is Cc1c([C@H](C)NC(=O)c2cc3ccccc3[nH]2)oc2ccccc12. The smallest absolute Gasteiger partial charge is 0.268 e. The third-order valence-electron chi connectivity index (χ3n) is 4.40. The molecule has 0 saturated carbocycles. The Kier molecular flexibility index (Phi) is 3.38. The van der Waals surface area contributed by atoms with Gasteiger partial charge in [-0.15, -0.1) is 0 Å². The van der Waals surface area contributed by atoms with Gasteiger partial charge in [0, 0.05) is 21.9 Å². The number of amides is 1. The fourth-order valence-electron chi connectivity index (χ4n) is 3.14. The second kappa shape index (κ2) is 5.57. The predicted molar refractivity (Wildman–Crippen MR) is 95.1 cm³/mol. The molecule has 0 saturated heterocycles. The minimum Gasteiger partial charge on any atom is -0.459 e. The number of nitrogens with one attached hydrogen (secondary N) is 2. The Morgan fingerprint density at radius 3 is 2.67 bits per heavy atom. The van der Waals surface area contributed by atoms with E-state index in [-0.39, 0.29) is 11.9 Å². The van der Waals surface area contributed by atoms with Crippen molar-refractivity contribution in [3.05, 3.63) is 71.6 Å². The number of rotatable bonds is 3. The lowest BCUT2D eigenvalue weighted by atomic mass is 10.1. The summed E-state index contributed by atoms with van der Waals surface area (Å²) < 4.78 is 5.93. The minimum absolute atomic E-state index is 0.140. The zero-order valence-electron chi connectivity index (χ0n) is 13.6. The highest BCUT2D eigenvalue weighted by Gasteiger charge is 2.19. The molecule has 0 aliphatic heterocycles. The first-order valence-electron chi connectivity index (χ1n) is 8.00. The van der Waals surface area contributed by atoms with E-state index in [1.165, 1.54) is 0 Å². The molecule has 4 heteroatoms. The molecule has 0 unspecified atom stereocenters. The molecular weight excluding hydrogens is 300 g/mol. The molecule has 1 atom stereocenters. The zero-order chi connectivity index (χ0) is 16.7. The number of aromatic amines is 1. The fourth-order valence-corrected chi connectivity index (χ4v) is 3.14. The van der Waals surface area contributed by atoms with Crippen LogP contribution in [0.15, 0.2) is 59.0 Å². The molecule has 2 heterocycles. The number of para-hydroxylation sites is 2. The largest absolute Gasteiger partial charge is 0.459 e. The van der Waals surface area contributed by atoms with Crippen LogP contribution in [0.2, 0.25) is 0 Å². The van der Waals surface area contributed by atoms with Crippen LogP contribution in [0.25, 0.3) is 21.9 Å². The highest BCUT2D eigenvalue weighted by atomic mass is 16.3. The second-order valence-corrected chi connectivity index (χ2v) is 6.05. The first-order chi connectivity index (χ1) is 11.6. The van der Waals surface area contributed by atoms with E-state index in [4.69, 9.17) is 4.42 Å². The minimum atomic E-state index is -0.212. The van der Waals surface area contributed by atoms with Gasteiger partial charge < -0.3 is 14.7 Å². The summed E-state index contributed by atoms with van der Waals surface area (Å²) in [7, 11) is 0. The molecule has 0 aliphatic carbocycles. The van der Waals surface area contributed by atoms with Gasteiger partial charge in [-0.1, -0.05) is 36.4 Å². The van der Waals surface area contributed by atoms with E-state index in [0.29, 0.717) is 5.69 Å². The van der Waals surface area contributed by atoms with Gasteiger partial charge in [-0.3, -0.25) is 4.79 Å². The molecule has 0 bridgehead atoms. The van der Waals surface area contributed by atoms with Gasteiger partial charge in [0.1, 0.15) is 17.0 Å². The molecule has 4 aromatic rings. The summed E-state index contributed by atoms with van der Waals surface area (Å²) in [5.74, 6) is 0.652. The monoisotopic (exact) mass is 318 g/mol. The lowest BCUT2D eigenvalue weighted by molar-refractivity contribution is 0.0931. The van der Waals surface area contributed by atoms with Crippen LogP contribution in [0.5, 0.6) is 0 Å². The number of H-pyrrole nitrogens is 1. The maximum absolute atomic E-state index is 12.5. The van der Waals surface area contributed by atoms with Gasteiger partial charge in [-0.2, -0.15) is 0 Å². The number of furan rings is 1. The van der Waals surface area contributed by atoms with Crippen molar-refractivity contribution in [2.45, 2.75) is 19.9 Å². The van der Waals surface area contributed by atoms with Crippen molar-refractivity contribution in [1.82, 2.24) is 10.3 Å². The van der Waals surface area contributed by atoms with Gasteiger partial charge in [0.25, 0.3) is 5.91 Å². The standard InChI is InChI=1S/C20H18N2O2/c1-12-15-8-4-6-10-18(15)24-19(12)13(2)21-20(23)17-11-14-7-3-5-9-16(14)22-17/h3-11,13,22H,1-2H3,(H,21,23)/t13-/m0/s1. The number of carbonyl (C=O) groups is 1. The van der Waals surface area contributed by atoms with Crippen LogP contribution >= 0.6 is 0 Å². The maximum atomic E-state index is 12.5. The third kappa shape index (κ3) is 2.36. The highest BCUT2D eigenvalue weighted by molar-refractivity contribution is 5.98. The summed E-state index contributed by atoms with van der Waals surface area (Å²) in [5, 5.41) is 5.12. The summed E-state index contributed by atoms with van der Waals surface area (Å²) in [6, 6.07) is 17.4. The van der Waals surface area contributed by atoms with E-state index >= 15 is 0 Å². The molecule has 2 N–H and O–H groups in total. The molecule has 120 valence electrons. The third-order valence-corrected chi connectivity index (χ3v) is 4.40. The molecule has 0 fully saturated rings. The van der Waals surface area contributed by atoms with Crippen LogP contribution in [-0.2, 0) is 0 Å².